The molecule has 0 aliphatic rings. The molecule has 0 atom stereocenters. The van der Waals surface area contributed by atoms with Gasteiger partial charge in [0.2, 0.25) is 5.91 Å². The van der Waals surface area contributed by atoms with E-state index in [1.165, 1.54) is 22.5 Å². The maximum absolute atomic E-state index is 12.2. The lowest BCUT2D eigenvalue weighted by atomic mass is 10.1. The van der Waals surface area contributed by atoms with E-state index in [2.05, 4.69) is 47.5 Å². The molecule has 1 aromatic carbocycles. The molecule has 1 amide bonds. The molecule has 2 aromatic heterocycles. The number of aromatic nitrogens is 2. The Hall–Kier alpha value is -2.51. The van der Waals surface area contributed by atoms with Gasteiger partial charge >= 0.3 is 0 Å². The summed E-state index contributed by atoms with van der Waals surface area (Å²) in [6.07, 6.45) is 0. The lowest BCUT2D eigenvalue weighted by Crippen LogP contribution is -2.29. The summed E-state index contributed by atoms with van der Waals surface area (Å²) in [6, 6.07) is 8.12. The molecule has 0 unspecified atom stereocenters. The summed E-state index contributed by atoms with van der Waals surface area (Å²) >= 11 is 1.43. The van der Waals surface area contributed by atoms with Gasteiger partial charge in [0, 0.05) is 23.6 Å². The summed E-state index contributed by atoms with van der Waals surface area (Å²) in [7, 11) is 1.87. The molecule has 3 rings (SSSR count). The molecule has 0 aliphatic carbocycles. The highest BCUT2D eigenvalue weighted by molar-refractivity contribution is 7.14. The van der Waals surface area contributed by atoms with E-state index < -0.39 is 0 Å². The van der Waals surface area contributed by atoms with Crippen molar-refractivity contribution in [1.29, 1.82) is 0 Å². The number of hydrogen-bond donors (Lipinski definition) is 1. The van der Waals surface area contributed by atoms with Crippen LogP contribution in [0.4, 0.5) is 5.13 Å². The average Bonchev–Trinajstić information content (AvgIpc) is 3.19. The van der Waals surface area contributed by atoms with Gasteiger partial charge in [-0.1, -0.05) is 17.3 Å². The number of benzene rings is 1. The van der Waals surface area contributed by atoms with Crippen LogP contribution in [0.2, 0.25) is 0 Å². The van der Waals surface area contributed by atoms with Crippen LogP contribution in [0.5, 0.6) is 0 Å². The molecule has 0 aliphatic heterocycles. The number of nitrogens with one attached hydrogen (secondary N) is 1. The minimum absolute atomic E-state index is 0.103. The van der Waals surface area contributed by atoms with Crippen LogP contribution < -0.4 is 5.32 Å². The fraction of sp³-hybridized carbons (Fsp3) is 0.316. The van der Waals surface area contributed by atoms with Crippen molar-refractivity contribution in [3.8, 4) is 11.3 Å². The Labute approximate surface area is 156 Å². The van der Waals surface area contributed by atoms with E-state index in [1.54, 1.807) is 0 Å². The molecule has 0 fully saturated rings. The minimum atomic E-state index is -0.103. The molecule has 0 saturated heterocycles. The van der Waals surface area contributed by atoms with Crippen molar-refractivity contribution in [1.82, 2.24) is 15.0 Å². The van der Waals surface area contributed by atoms with Crippen LogP contribution in [-0.2, 0) is 11.3 Å². The van der Waals surface area contributed by atoms with Gasteiger partial charge in [-0.15, -0.1) is 11.3 Å². The van der Waals surface area contributed by atoms with Gasteiger partial charge in [-0.2, -0.15) is 0 Å². The lowest BCUT2D eigenvalue weighted by molar-refractivity contribution is -0.117. The van der Waals surface area contributed by atoms with Gasteiger partial charge in [-0.25, -0.2) is 4.98 Å². The van der Waals surface area contributed by atoms with Gasteiger partial charge in [0.1, 0.15) is 5.76 Å². The zero-order chi connectivity index (χ0) is 18.7. The Morgan fingerprint density at radius 3 is 2.73 bits per heavy atom. The molecule has 0 spiro atoms. The summed E-state index contributed by atoms with van der Waals surface area (Å²) in [5.74, 6) is 0.660. The van der Waals surface area contributed by atoms with Gasteiger partial charge in [0.15, 0.2) is 5.13 Å². The molecular weight excluding hydrogens is 348 g/mol. The third-order valence-corrected chi connectivity index (χ3v) is 4.83. The highest BCUT2D eigenvalue weighted by Gasteiger charge is 2.12. The third kappa shape index (κ3) is 4.56. The average molecular weight is 370 g/mol. The van der Waals surface area contributed by atoms with Crippen molar-refractivity contribution in [2.45, 2.75) is 27.3 Å². The van der Waals surface area contributed by atoms with Crippen molar-refractivity contribution < 1.29 is 9.32 Å². The van der Waals surface area contributed by atoms with Crippen LogP contribution >= 0.6 is 11.3 Å². The first-order valence-corrected chi connectivity index (χ1v) is 9.22. The van der Waals surface area contributed by atoms with Crippen LogP contribution in [0.1, 0.15) is 22.6 Å². The molecule has 3 aromatic rings. The van der Waals surface area contributed by atoms with Gasteiger partial charge < -0.3 is 9.84 Å². The van der Waals surface area contributed by atoms with Crippen molar-refractivity contribution in [3.05, 3.63) is 52.2 Å². The van der Waals surface area contributed by atoms with Crippen molar-refractivity contribution >= 4 is 22.4 Å². The summed E-state index contributed by atoms with van der Waals surface area (Å²) < 4.78 is 5.04. The van der Waals surface area contributed by atoms with E-state index in [-0.39, 0.29) is 12.5 Å². The largest absolute Gasteiger partial charge is 0.361 e. The van der Waals surface area contributed by atoms with E-state index in [9.17, 15) is 4.79 Å². The zero-order valence-corrected chi connectivity index (χ0v) is 16.2. The number of aryl methyl sites for hydroxylation is 3. The fourth-order valence-electron chi connectivity index (χ4n) is 2.59. The van der Waals surface area contributed by atoms with Crippen molar-refractivity contribution in [3.63, 3.8) is 0 Å². The molecule has 26 heavy (non-hydrogen) atoms. The summed E-state index contributed by atoms with van der Waals surface area (Å²) in [4.78, 5) is 18.6. The number of carbonyl (C=O) groups is 1. The number of amides is 1. The van der Waals surface area contributed by atoms with Gasteiger partial charge in [-0.3, -0.25) is 9.69 Å². The number of anilines is 1. The highest BCUT2D eigenvalue weighted by atomic mass is 32.1. The Morgan fingerprint density at radius 2 is 2.04 bits per heavy atom. The smallest absolute Gasteiger partial charge is 0.240 e. The lowest BCUT2D eigenvalue weighted by Gasteiger charge is -2.13. The predicted octanol–water partition coefficient (Wildman–Crippen LogP) is 3.79. The van der Waals surface area contributed by atoms with Gasteiger partial charge in [0.25, 0.3) is 0 Å². The molecule has 0 saturated carbocycles. The van der Waals surface area contributed by atoms with E-state index in [1.807, 2.05) is 30.3 Å². The zero-order valence-electron chi connectivity index (χ0n) is 15.4. The van der Waals surface area contributed by atoms with E-state index in [0.29, 0.717) is 11.7 Å². The van der Waals surface area contributed by atoms with Crippen molar-refractivity contribution in [2.75, 3.05) is 18.9 Å². The van der Waals surface area contributed by atoms with Crippen LogP contribution in [0.15, 0.2) is 34.2 Å². The first-order valence-electron chi connectivity index (χ1n) is 8.34. The number of hydrogen-bond acceptors (Lipinski definition) is 6. The van der Waals surface area contributed by atoms with Crippen LogP contribution in [-0.4, -0.2) is 34.5 Å². The maximum Gasteiger partial charge on any atom is 0.240 e. The second-order valence-corrected chi connectivity index (χ2v) is 7.34. The topological polar surface area (TPSA) is 71.3 Å². The molecular formula is C19H22N4O2S. The highest BCUT2D eigenvalue weighted by Crippen LogP contribution is 2.26. The number of rotatable bonds is 6. The van der Waals surface area contributed by atoms with Crippen LogP contribution in [0.3, 0.4) is 0 Å². The van der Waals surface area contributed by atoms with Crippen molar-refractivity contribution in [2.24, 2.45) is 0 Å². The van der Waals surface area contributed by atoms with Gasteiger partial charge in [-0.05, 0) is 45.0 Å². The Kier molecular flexibility index (Phi) is 5.49. The number of likely N-dealkylation sites (N-methyl/N-ethyl adjacent to an activating group) is 1. The van der Waals surface area contributed by atoms with E-state index in [4.69, 9.17) is 4.52 Å². The minimum Gasteiger partial charge on any atom is -0.361 e. The first-order chi connectivity index (χ1) is 12.4. The number of thiazole rings is 1. The Bertz CT molecular complexity index is 916. The normalized spacial score (nSPS) is 11.1. The standard InChI is InChI=1S/C19H22N4O2S/c1-12-5-6-15(7-13(12)2)17-11-26-19(20-17)21-18(24)10-23(4)9-16-8-14(3)25-22-16/h5-8,11H,9-10H2,1-4H3,(H,20,21,24). The third-order valence-electron chi connectivity index (χ3n) is 4.08. The molecule has 7 heteroatoms. The van der Waals surface area contributed by atoms with E-state index in [0.717, 1.165) is 22.7 Å². The predicted molar refractivity (Wildman–Crippen MR) is 103 cm³/mol. The van der Waals surface area contributed by atoms with Crippen LogP contribution in [0.25, 0.3) is 11.3 Å². The molecule has 1 N–H and O–H groups in total. The van der Waals surface area contributed by atoms with E-state index >= 15 is 0 Å². The maximum atomic E-state index is 12.2. The monoisotopic (exact) mass is 370 g/mol. The number of nitrogens with zero attached hydrogens (tertiary/aromatic N) is 3. The number of carbonyl (C=O) groups excluding carboxylic acids is 1. The Balaban J connectivity index is 1.57. The quantitative estimate of drug-likeness (QED) is 0.715. The summed E-state index contributed by atoms with van der Waals surface area (Å²) in [5.41, 5.74) is 5.22. The molecule has 6 nitrogen and oxygen atoms in total. The van der Waals surface area contributed by atoms with Gasteiger partial charge in [0.05, 0.1) is 17.9 Å². The second-order valence-electron chi connectivity index (χ2n) is 6.49. The second kappa shape index (κ2) is 7.80. The molecule has 0 radical (unpaired) electrons. The molecule has 0 bridgehead atoms. The summed E-state index contributed by atoms with van der Waals surface area (Å²) in [6.45, 7) is 6.82. The fourth-order valence-corrected chi connectivity index (χ4v) is 3.33. The van der Waals surface area contributed by atoms with Crippen LogP contribution in [0, 0.1) is 20.8 Å². The SMILES string of the molecule is Cc1cc(CN(C)CC(=O)Nc2nc(-c3ccc(C)c(C)c3)cs2)no1. The summed E-state index contributed by atoms with van der Waals surface area (Å²) in [5, 5.41) is 9.37. The first kappa shape index (κ1) is 18.3. The molecule has 2 heterocycles. The molecule has 136 valence electrons. The Morgan fingerprint density at radius 1 is 1.23 bits per heavy atom.